The predicted molar refractivity (Wildman–Crippen MR) is 61.8 cm³/mol. The number of carbonyl (C=O) groups excluding carboxylic acids is 1. The first-order chi connectivity index (χ1) is 7.84. The van der Waals surface area contributed by atoms with Crippen molar-refractivity contribution >= 4 is 11.6 Å². The third kappa shape index (κ3) is 2.92. The van der Waals surface area contributed by atoms with Gasteiger partial charge in [0.1, 0.15) is 0 Å². The average Bonchev–Trinajstić information content (AvgIpc) is 2.31. The number of hydrogen-bond donors (Lipinski definition) is 1. The number of nitrogens with one attached hydrogen (secondary N) is 1. The highest BCUT2D eigenvalue weighted by Crippen LogP contribution is 2.06. The van der Waals surface area contributed by atoms with Gasteiger partial charge in [0.25, 0.3) is 0 Å². The Morgan fingerprint density at radius 1 is 1.19 bits per heavy atom. The van der Waals surface area contributed by atoms with Crippen molar-refractivity contribution in [2.75, 3.05) is 5.32 Å². The smallest absolute Gasteiger partial charge is 0.228 e. The highest BCUT2D eigenvalue weighted by molar-refractivity contribution is 5.92. The lowest BCUT2D eigenvalue weighted by Gasteiger charge is -2.04. The minimum absolute atomic E-state index is 0.0302. The molecule has 0 aliphatic carbocycles. The van der Waals surface area contributed by atoms with Crippen molar-refractivity contribution in [3.8, 4) is 0 Å². The van der Waals surface area contributed by atoms with Crippen LogP contribution in [0.25, 0.3) is 0 Å². The zero-order chi connectivity index (χ0) is 11.2. The molecule has 0 saturated carbocycles. The maximum absolute atomic E-state index is 11.6. The number of pyridine rings is 1. The van der Waals surface area contributed by atoms with Gasteiger partial charge in [0.2, 0.25) is 5.91 Å². The molecule has 0 bridgehead atoms. The van der Waals surface area contributed by atoms with E-state index < -0.39 is 0 Å². The Morgan fingerprint density at radius 3 is 2.56 bits per heavy atom. The summed E-state index contributed by atoms with van der Waals surface area (Å²) in [5, 5.41) is 2.81. The highest BCUT2D eigenvalue weighted by Gasteiger charge is 2.02. The van der Waals surface area contributed by atoms with Gasteiger partial charge in [-0.1, -0.05) is 12.1 Å². The van der Waals surface area contributed by atoms with Gasteiger partial charge in [0.15, 0.2) is 0 Å². The summed E-state index contributed by atoms with van der Waals surface area (Å²) in [7, 11) is 0. The standard InChI is InChI=1S/C13H11N2O/c16-13(10-11-6-8-14-9-7-11)15-12-4-2-1-3-5-12/h2-9H,10H2,(H,15,16). The van der Waals surface area contributed by atoms with Crippen LogP contribution in [0.1, 0.15) is 5.56 Å². The number of nitrogens with zero attached hydrogens (tertiary/aromatic N) is 1. The molecular weight excluding hydrogens is 200 g/mol. The number of anilines is 1. The van der Waals surface area contributed by atoms with Crippen molar-refractivity contribution < 1.29 is 4.79 Å². The van der Waals surface area contributed by atoms with Crippen molar-refractivity contribution in [2.24, 2.45) is 0 Å². The molecule has 0 spiro atoms. The Hall–Kier alpha value is -2.16. The van der Waals surface area contributed by atoms with Gasteiger partial charge < -0.3 is 5.32 Å². The van der Waals surface area contributed by atoms with Crippen LogP contribution in [-0.2, 0) is 11.2 Å². The summed E-state index contributed by atoms with van der Waals surface area (Å²) in [6.45, 7) is 0. The van der Waals surface area contributed by atoms with Crippen LogP contribution in [0.5, 0.6) is 0 Å². The van der Waals surface area contributed by atoms with Crippen molar-refractivity contribution in [3.63, 3.8) is 0 Å². The molecule has 2 aromatic rings. The molecule has 0 unspecified atom stereocenters. The first kappa shape index (κ1) is 10.4. The third-order valence-corrected chi connectivity index (χ3v) is 2.12. The molecule has 0 fully saturated rings. The molecule has 1 heterocycles. The number of hydrogen-bond acceptors (Lipinski definition) is 2. The lowest BCUT2D eigenvalue weighted by molar-refractivity contribution is -0.115. The minimum Gasteiger partial charge on any atom is -0.326 e. The number of rotatable bonds is 3. The summed E-state index contributed by atoms with van der Waals surface area (Å²) in [6.07, 6.45) is 3.72. The van der Waals surface area contributed by atoms with Crippen LogP contribution in [0.2, 0.25) is 0 Å². The molecule has 1 aromatic carbocycles. The third-order valence-electron chi connectivity index (χ3n) is 2.12. The Kier molecular flexibility index (Phi) is 3.28. The van der Waals surface area contributed by atoms with Gasteiger partial charge in [0.05, 0.1) is 6.42 Å². The molecule has 0 saturated heterocycles. The summed E-state index contributed by atoms with van der Waals surface area (Å²) in [4.78, 5) is 15.5. The van der Waals surface area contributed by atoms with Crippen LogP contribution in [0.4, 0.5) is 5.69 Å². The minimum atomic E-state index is -0.0302. The highest BCUT2D eigenvalue weighted by atomic mass is 16.1. The first-order valence-corrected chi connectivity index (χ1v) is 4.99. The second kappa shape index (κ2) is 5.07. The molecule has 79 valence electrons. The van der Waals surface area contributed by atoms with E-state index in [0.29, 0.717) is 6.42 Å². The number of benzene rings is 1. The summed E-state index contributed by atoms with van der Waals surface area (Å²) in [5.41, 5.74) is 1.74. The maximum Gasteiger partial charge on any atom is 0.228 e. The molecule has 2 rings (SSSR count). The molecule has 1 amide bonds. The fourth-order valence-electron chi connectivity index (χ4n) is 1.36. The lowest BCUT2D eigenvalue weighted by atomic mass is 10.2. The second-order valence-corrected chi connectivity index (χ2v) is 3.37. The van der Waals surface area contributed by atoms with Crippen LogP contribution in [0.3, 0.4) is 0 Å². The molecular formula is C13H11N2O. The van der Waals surface area contributed by atoms with E-state index in [-0.39, 0.29) is 5.91 Å². The number of carbonyl (C=O) groups is 1. The summed E-state index contributed by atoms with van der Waals surface area (Å²) in [6, 6.07) is 13.7. The second-order valence-electron chi connectivity index (χ2n) is 3.37. The van der Waals surface area contributed by atoms with Gasteiger partial charge >= 0.3 is 0 Å². The molecule has 1 N–H and O–H groups in total. The lowest BCUT2D eigenvalue weighted by Crippen LogP contribution is -2.14. The Morgan fingerprint density at radius 2 is 1.88 bits per heavy atom. The molecule has 0 atom stereocenters. The zero-order valence-electron chi connectivity index (χ0n) is 8.68. The quantitative estimate of drug-likeness (QED) is 0.844. The molecule has 16 heavy (non-hydrogen) atoms. The fraction of sp³-hybridized carbons (Fsp3) is 0.0769. The van der Waals surface area contributed by atoms with E-state index in [1.54, 1.807) is 24.5 Å². The summed E-state index contributed by atoms with van der Waals surface area (Å²) >= 11 is 0. The summed E-state index contributed by atoms with van der Waals surface area (Å²) in [5.74, 6) is -0.0302. The molecule has 3 nitrogen and oxygen atoms in total. The van der Waals surface area contributed by atoms with E-state index in [9.17, 15) is 4.79 Å². The van der Waals surface area contributed by atoms with Gasteiger partial charge in [0, 0.05) is 18.1 Å². The van der Waals surface area contributed by atoms with Crippen LogP contribution in [0, 0.1) is 6.07 Å². The van der Waals surface area contributed by atoms with Crippen LogP contribution < -0.4 is 5.32 Å². The van der Waals surface area contributed by atoms with E-state index >= 15 is 0 Å². The molecule has 1 radical (unpaired) electrons. The topological polar surface area (TPSA) is 42.0 Å². The monoisotopic (exact) mass is 211 g/mol. The van der Waals surface area contributed by atoms with Gasteiger partial charge in [-0.3, -0.25) is 9.78 Å². The SMILES string of the molecule is O=C(Cc1ccncc1)Nc1cc[c]cc1. The molecule has 1 aromatic heterocycles. The summed E-state index contributed by atoms with van der Waals surface area (Å²) < 4.78 is 0. The fourth-order valence-corrected chi connectivity index (χ4v) is 1.36. The van der Waals surface area contributed by atoms with E-state index in [1.807, 2.05) is 24.3 Å². The van der Waals surface area contributed by atoms with Crippen LogP contribution in [-0.4, -0.2) is 10.9 Å². The van der Waals surface area contributed by atoms with Crippen molar-refractivity contribution in [1.29, 1.82) is 0 Å². The van der Waals surface area contributed by atoms with E-state index in [4.69, 9.17) is 0 Å². The van der Waals surface area contributed by atoms with E-state index in [2.05, 4.69) is 16.4 Å². The van der Waals surface area contributed by atoms with Crippen LogP contribution in [0.15, 0.2) is 48.8 Å². The van der Waals surface area contributed by atoms with E-state index in [1.165, 1.54) is 0 Å². The Balaban J connectivity index is 1.95. The predicted octanol–water partition coefficient (Wildman–Crippen LogP) is 2.06. The average molecular weight is 211 g/mol. The molecule has 3 heteroatoms. The Bertz CT molecular complexity index is 410. The molecule has 0 aliphatic heterocycles. The van der Waals surface area contributed by atoms with Gasteiger partial charge in [-0.05, 0) is 35.9 Å². The van der Waals surface area contributed by atoms with Gasteiger partial charge in [-0.15, -0.1) is 0 Å². The number of amides is 1. The normalized spacial score (nSPS) is 9.75. The first-order valence-electron chi connectivity index (χ1n) is 4.99. The van der Waals surface area contributed by atoms with Gasteiger partial charge in [-0.25, -0.2) is 0 Å². The van der Waals surface area contributed by atoms with Crippen molar-refractivity contribution in [1.82, 2.24) is 4.98 Å². The largest absolute Gasteiger partial charge is 0.326 e. The maximum atomic E-state index is 11.6. The molecule has 0 aliphatic rings. The van der Waals surface area contributed by atoms with Crippen LogP contribution >= 0.6 is 0 Å². The van der Waals surface area contributed by atoms with E-state index in [0.717, 1.165) is 11.3 Å². The van der Waals surface area contributed by atoms with Crippen molar-refractivity contribution in [2.45, 2.75) is 6.42 Å². The van der Waals surface area contributed by atoms with Crippen molar-refractivity contribution in [3.05, 3.63) is 60.4 Å². The number of aromatic nitrogens is 1. The van der Waals surface area contributed by atoms with Gasteiger partial charge in [-0.2, -0.15) is 0 Å². The zero-order valence-corrected chi connectivity index (χ0v) is 8.68. The Labute approximate surface area is 94.1 Å².